The summed E-state index contributed by atoms with van der Waals surface area (Å²) in [4.78, 5) is 19.3. The van der Waals surface area contributed by atoms with Gasteiger partial charge in [0.05, 0.1) is 11.4 Å². The van der Waals surface area contributed by atoms with Crippen LogP contribution in [0.2, 0.25) is 0 Å². The molecule has 0 fully saturated rings. The van der Waals surface area contributed by atoms with E-state index >= 15 is 0 Å². The van der Waals surface area contributed by atoms with Crippen molar-refractivity contribution in [2.75, 3.05) is 0 Å². The average Bonchev–Trinajstić information content (AvgIpc) is 3.84. The Morgan fingerprint density at radius 3 is 1.39 bits per heavy atom. The van der Waals surface area contributed by atoms with Gasteiger partial charge in [0.15, 0.2) is 5.82 Å². The van der Waals surface area contributed by atoms with Gasteiger partial charge in [0.1, 0.15) is 22.3 Å². The number of aromatic nitrogens is 4. The molecule has 0 bridgehead atoms. The molecule has 0 saturated heterocycles. The van der Waals surface area contributed by atoms with Gasteiger partial charge >= 0.3 is 0 Å². The number of nitrogens with zero attached hydrogens (tertiary/aromatic N) is 4. The first-order valence-corrected chi connectivity index (χ1v) is 18.5. The van der Waals surface area contributed by atoms with Crippen molar-refractivity contribution < 1.29 is 8.83 Å². The van der Waals surface area contributed by atoms with Crippen molar-refractivity contribution in [2.45, 2.75) is 0 Å². The number of hydrogen-bond donors (Lipinski definition) is 0. The van der Waals surface area contributed by atoms with E-state index in [-0.39, 0.29) is 0 Å². The minimum Gasteiger partial charge on any atom is -0.456 e. The van der Waals surface area contributed by atoms with Gasteiger partial charge in [-0.05, 0) is 113 Å². The second-order valence-electron chi connectivity index (χ2n) is 13.9. The van der Waals surface area contributed by atoms with Crippen LogP contribution in [0.25, 0.3) is 111 Å². The van der Waals surface area contributed by atoms with Crippen molar-refractivity contribution in [3.63, 3.8) is 0 Å². The molecule has 0 N–H and O–H groups in total. The van der Waals surface area contributed by atoms with Gasteiger partial charge in [-0.2, -0.15) is 0 Å². The molecule has 11 rings (SSSR count). The van der Waals surface area contributed by atoms with Crippen molar-refractivity contribution >= 4 is 43.9 Å². The van der Waals surface area contributed by atoms with E-state index in [2.05, 4.69) is 119 Å². The lowest BCUT2D eigenvalue weighted by molar-refractivity contribution is 0.668. The number of fused-ring (bicyclic) bond motifs is 6. The van der Waals surface area contributed by atoms with Crippen molar-refractivity contribution in [2.24, 2.45) is 0 Å². The van der Waals surface area contributed by atoms with Crippen LogP contribution >= 0.6 is 0 Å². The predicted molar refractivity (Wildman–Crippen MR) is 225 cm³/mol. The maximum Gasteiger partial charge on any atom is 0.160 e. The minimum absolute atomic E-state index is 0.612. The maximum atomic E-state index is 6.21. The van der Waals surface area contributed by atoms with Crippen LogP contribution in [-0.2, 0) is 0 Å². The average molecular weight is 719 g/mol. The Kier molecular flexibility index (Phi) is 7.38. The number of rotatable bonds is 6. The summed E-state index contributed by atoms with van der Waals surface area (Å²) in [5.74, 6) is 0.612. The van der Waals surface area contributed by atoms with Crippen molar-refractivity contribution in [1.29, 1.82) is 0 Å². The molecule has 262 valence electrons. The Balaban J connectivity index is 1.13. The molecular weight excluding hydrogens is 689 g/mol. The van der Waals surface area contributed by atoms with Crippen LogP contribution < -0.4 is 0 Å². The van der Waals surface area contributed by atoms with E-state index in [4.69, 9.17) is 18.8 Å². The van der Waals surface area contributed by atoms with E-state index in [0.29, 0.717) is 5.82 Å². The van der Waals surface area contributed by atoms with Crippen LogP contribution in [-0.4, -0.2) is 19.9 Å². The largest absolute Gasteiger partial charge is 0.456 e. The molecule has 6 aromatic carbocycles. The summed E-state index contributed by atoms with van der Waals surface area (Å²) >= 11 is 0. The molecule has 0 aliphatic carbocycles. The van der Waals surface area contributed by atoms with Gasteiger partial charge in [0.25, 0.3) is 0 Å². The molecule has 0 unspecified atom stereocenters. The Labute approximate surface area is 321 Å². The van der Waals surface area contributed by atoms with Crippen LogP contribution in [0.3, 0.4) is 0 Å². The lowest BCUT2D eigenvalue weighted by Gasteiger charge is -2.13. The SMILES string of the molecule is c1cncc(-c2cccc(-c3cc(-c4cccnc4)nc(-c4cc(-c5ccc6oc7ccccc7c6c5)cc(-c5ccc6oc7ccccc7c6c5)c4)n3)c2)c1. The van der Waals surface area contributed by atoms with E-state index in [1.807, 2.05) is 60.9 Å². The number of furan rings is 2. The fourth-order valence-corrected chi connectivity index (χ4v) is 7.68. The summed E-state index contributed by atoms with van der Waals surface area (Å²) in [6.45, 7) is 0. The molecule has 0 amide bonds. The highest BCUT2D eigenvalue weighted by Gasteiger charge is 2.17. The zero-order valence-corrected chi connectivity index (χ0v) is 29.9. The topological polar surface area (TPSA) is 77.8 Å². The van der Waals surface area contributed by atoms with Gasteiger partial charge in [-0.25, -0.2) is 9.97 Å². The first kappa shape index (κ1) is 31.8. The van der Waals surface area contributed by atoms with Gasteiger partial charge in [-0.1, -0.05) is 72.8 Å². The molecule has 0 aliphatic rings. The third-order valence-corrected chi connectivity index (χ3v) is 10.4. The molecule has 5 aromatic heterocycles. The van der Waals surface area contributed by atoms with Crippen LogP contribution in [0.15, 0.2) is 191 Å². The summed E-state index contributed by atoms with van der Waals surface area (Å²) in [5, 5.41) is 4.32. The van der Waals surface area contributed by atoms with E-state index < -0.39 is 0 Å². The second-order valence-corrected chi connectivity index (χ2v) is 13.9. The van der Waals surface area contributed by atoms with Crippen LogP contribution in [0.1, 0.15) is 0 Å². The maximum absolute atomic E-state index is 6.21. The Morgan fingerprint density at radius 1 is 0.304 bits per heavy atom. The van der Waals surface area contributed by atoms with Gasteiger partial charge in [-0.15, -0.1) is 0 Å². The molecular formula is C50H30N4O2. The molecule has 0 spiro atoms. The molecule has 6 heteroatoms. The fourth-order valence-electron chi connectivity index (χ4n) is 7.68. The van der Waals surface area contributed by atoms with Crippen molar-refractivity contribution in [3.8, 4) is 67.3 Å². The minimum atomic E-state index is 0.612. The molecule has 11 aromatic rings. The zero-order chi connectivity index (χ0) is 37.0. The van der Waals surface area contributed by atoms with Crippen molar-refractivity contribution in [3.05, 3.63) is 183 Å². The van der Waals surface area contributed by atoms with Crippen LogP contribution in [0.4, 0.5) is 0 Å². The standard InChI is InChI=1S/C50H30N4O2/c1-3-14-46-40(12-1)42-26-32(16-18-48(42)55-46)37-23-38(33-17-19-49-43(27-33)41-13-2-4-15-47(41)56-49)25-39(24-37)50-53-44(28-45(54-50)36-11-7-21-52-30-36)34-9-5-8-31(22-34)35-10-6-20-51-29-35/h1-30H. The predicted octanol–water partition coefficient (Wildman–Crippen LogP) is 13.1. The molecule has 0 atom stereocenters. The van der Waals surface area contributed by atoms with E-state index in [1.165, 1.54) is 0 Å². The Morgan fingerprint density at radius 2 is 0.786 bits per heavy atom. The molecule has 0 aliphatic heterocycles. The highest BCUT2D eigenvalue weighted by atomic mass is 16.3. The van der Waals surface area contributed by atoms with Gasteiger partial charge in [0.2, 0.25) is 0 Å². The number of para-hydroxylation sites is 2. The van der Waals surface area contributed by atoms with Crippen LogP contribution in [0.5, 0.6) is 0 Å². The summed E-state index contributed by atoms with van der Waals surface area (Å²) in [6.07, 6.45) is 7.29. The first-order chi connectivity index (χ1) is 27.7. The summed E-state index contributed by atoms with van der Waals surface area (Å²) in [6, 6.07) is 54.3. The molecule has 5 heterocycles. The third-order valence-electron chi connectivity index (χ3n) is 10.4. The fraction of sp³-hybridized carbons (Fsp3) is 0. The van der Waals surface area contributed by atoms with E-state index in [9.17, 15) is 0 Å². The Bertz CT molecular complexity index is 3130. The first-order valence-electron chi connectivity index (χ1n) is 18.5. The molecule has 56 heavy (non-hydrogen) atoms. The highest BCUT2D eigenvalue weighted by molar-refractivity contribution is 6.07. The third kappa shape index (κ3) is 5.60. The number of pyridine rings is 2. The van der Waals surface area contributed by atoms with E-state index in [0.717, 1.165) is 105 Å². The summed E-state index contributed by atoms with van der Waals surface area (Å²) in [5.41, 5.74) is 14.1. The number of benzene rings is 6. The Hall–Kier alpha value is -7.70. The second kappa shape index (κ2) is 13.0. The molecule has 0 radical (unpaired) electrons. The monoisotopic (exact) mass is 718 g/mol. The highest BCUT2D eigenvalue weighted by Crippen LogP contribution is 2.39. The van der Waals surface area contributed by atoms with Crippen molar-refractivity contribution in [1.82, 2.24) is 19.9 Å². The smallest absolute Gasteiger partial charge is 0.160 e. The summed E-state index contributed by atoms with van der Waals surface area (Å²) in [7, 11) is 0. The van der Waals surface area contributed by atoms with Gasteiger partial charge in [-0.3, -0.25) is 9.97 Å². The van der Waals surface area contributed by atoms with E-state index in [1.54, 1.807) is 12.4 Å². The lowest BCUT2D eigenvalue weighted by atomic mass is 9.94. The molecule has 0 saturated carbocycles. The van der Waals surface area contributed by atoms with Crippen LogP contribution in [0, 0.1) is 0 Å². The normalized spacial score (nSPS) is 11.6. The molecule has 6 nitrogen and oxygen atoms in total. The number of hydrogen-bond acceptors (Lipinski definition) is 6. The zero-order valence-electron chi connectivity index (χ0n) is 29.9. The van der Waals surface area contributed by atoms with Gasteiger partial charge < -0.3 is 8.83 Å². The van der Waals surface area contributed by atoms with Gasteiger partial charge in [0, 0.05) is 68.6 Å². The lowest BCUT2D eigenvalue weighted by Crippen LogP contribution is -1.97. The quantitative estimate of drug-likeness (QED) is 0.170. The summed E-state index contributed by atoms with van der Waals surface area (Å²) < 4.78 is 12.4.